The summed E-state index contributed by atoms with van der Waals surface area (Å²) in [7, 11) is 4.82. The molecule has 9 heteroatoms. The number of carboxylic acid groups (broad SMARTS) is 2. The SMILES string of the molecule is COc1cc(CNCc2ccccn2)cc(OC)c1OC.O=C(O)C(=O)O. The summed E-state index contributed by atoms with van der Waals surface area (Å²) in [4.78, 5) is 22.5. The fourth-order valence-electron chi connectivity index (χ4n) is 2.08. The number of benzene rings is 1. The van der Waals surface area contributed by atoms with Gasteiger partial charge >= 0.3 is 11.9 Å². The van der Waals surface area contributed by atoms with Crippen LogP contribution in [-0.4, -0.2) is 48.5 Å². The molecule has 0 aliphatic heterocycles. The van der Waals surface area contributed by atoms with Gasteiger partial charge in [0, 0.05) is 19.3 Å². The molecule has 0 radical (unpaired) electrons. The van der Waals surface area contributed by atoms with Crippen molar-refractivity contribution in [3.05, 3.63) is 47.8 Å². The number of pyridine rings is 1. The average Bonchev–Trinajstić information content (AvgIpc) is 2.68. The number of methoxy groups -OCH3 is 3. The van der Waals surface area contributed by atoms with Gasteiger partial charge in [0.15, 0.2) is 11.5 Å². The van der Waals surface area contributed by atoms with Gasteiger partial charge < -0.3 is 29.7 Å². The first-order valence-electron chi connectivity index (χ1n) is 7.78. The molecule has 0 spiro atoms. The first-order valence-corrected chi connectivity index (χ1v) is 7.78. The van der Waals surface area contributed by atoms with Crippen molar-refractivity contribution in [1.29, 1.82) is 0 Å². The summed E-state index contributed by atoms with van der Waals surface area (Å²) >= 11 is 0. The Morgan fingerprint density at radius 1 is 0.963 bits per heavy atom. The second-order valence-electron chi connectivity index (χ2n) is 5.07. The number of ether oxygens (including phenoxy) is 3. The van der Waals surface area contributed by atoms with Crippen LogP contribution < -0.4 is 19.5 Å². The Morgan fingerprint density at radius 3 is 1.96 bits per heavy atom. The molecule has 0 aliphatic carbocycles. The van der Waals surface area contributed by atoms with E-state index in [9.17, 15) is 0 Å². The van der Waals surface area contributed by atoms with Crippen molar-refractivity contribution in [3.8, 4) is 17.2 Å². The summed E-state index contributed by atoms with van der Waals surface area (Å²) in [5.41, 5.74) is 2.06. The van der Waals surface area contributed by atoms with Crippen LogP contribution in [0.25, 0.3) is 0 Å². The number of nitrogens with one attached hydrogen (secondary N) is 1. The summed E-state index contributed by atoms with van der Waals surface area (Å²) in [6.45, 7) is 1.39. The molecule has 3 N–H and O–H groups in total. The maximum atomic E-state index is 9.10. The molecule has 2 aromatic rings. The largest absolute Gasteiger partial charge is 0.493 e. The third-order valence-electron chi connectivity index (χ3n) is 3.27. The van der Waals surface area contributed by atoms with Gasteiger partial charge in [-0.15, -0.1) is 0 Å². The van der Waals surface area contributed by atoms with Gasteiger partial charge in [0.1, 0.15) is 0 Å². The standard InChI is InChI=1S/C16H20N2O3.C2H2O4/c1-19-14-8-12(9-15(20-2)16(14)21-3)10-17-11-13-6-4-5-7-18-13;3-1(4)2(5)6/h4-9,17H,10-11H2,1-3H3;(H,3,4)(H,5,6). The lowest BCUT2D eigenvalue weighted by Crippen LogP contribution is -2.13. The summed E-state index contributed by atoms with van der Waals surface area (Å²) < 4.78 is 16.0. The molecule has 9 nitrogen and oxygen atoms in total. The molecule has 1 aromatic heterocycles. The lowest BCUT2D eigenvalue weighted by atomic mass is 10.1. The third-order valence-corrected chi connectivity index (χ3v) is 3.27. The third kappa shape index (κ3) is 7.20. The van der Waals surface area contributed by atoms with Crippen LogP contribution in [0.1, 0.15) is 11.3 Å². The van der Waals surface area contributed by atoms with Gasteiger partial charge in [-0.2, -0.15) is 0 Å². The van der Waals surface area contributed by atoms with Crippen molar-refractivity contribution in [1.82, 2.24) is 10.3 Å². The highest BCUT2D eigenvalue weighted by atomic mass is 16.5. The maximum Gasteiger partial charge on any atom is 0.414 e. The Bertz CT molecular complexity index is 714. The highest BCUT2D eigenvalue weighted by Gasteiger charge is 2.12. The maximum absolute atomic E-state index is 9.10. The summed E-state index contributed by atoms with van der Waals surface area (Å²) in [6, 6.07) is 9.74. The molecule has 1 aromatic carbocycles. The molecule has 0 unspecified atom stereocenters. The molecule has 146 valence electrons. The second-order valence-corrected chi connectivity index (χ2v) is 5.07. The molecule has 0 aliphatic rings. The molecular formula is C18H22N2O7. The van der Waals surface area contributed by atoms with E-state index in [2.05, 4.69) is 10.3 Å². The number of hydrogen-bond donors (Lipinski definition) is 3. The van der Waals surface area contributed by atoms with Crippen LogP contribution in [0, 0.1) is 0 Å². The Kier molecular flexibility index (Phi) is 9.10. The van der Waals surface area contributed by atoms with Crippen molar-refractivity contribution >= 4 is 11.9 Å². The van der Waals surface area contributed by atoms with E-state index in [1.54, 1.807) is 27.5 Å². The number of aliphatic carboxylic acids is 2. The van der Waals surface area contributed by atoms with E-state index in [0.717, 1.165) is 11.3 Å². The number of rotatable bonds is 7. The Hall–Kier alpha value is -3.33. The quantitative estimate of drug-likeness (QED) is 0.615. The molecule has 0 fully saturated rings. The summed E-state index contributed by atoms with van der Waals surface area (Å²) in [5.74, 6) is -1.73. The fourth-order valence-corrected chi connectivity index (χ4v) is 2.08. The normalized spacial score (nSPS) is 9.59. The van der Waals surface area contributed by atoms with E-state index in [-0.39, 0.29) is 0 Å². The lowest BCUT2D eigenvalue weighted by Gasteiger charge is -2.14. The number of carboxylic acids is 2. The number of aromatic nitrogens is 1. The van der Waals surface area contributed by atoms with Crippen LogP contribution >= 0.6 is 0 Å². The number of carbonyl (C=O) groups is 2. The van der Waals surface area contributed by atoms with Crippen molar-refractivity contribution < 1.29 is 34.0 Å². The average molecular weight is 378 g/mol. The van der Waals surface area contributed by atoms with E-state index in [0.29, 0.717) is 30.3 Å². The molecule has 0 atom stereocenters. The molecule has 2 rings (SSSR count). The molecule has 0 saturated heterocycles. The van der Waals surface area contributed by atoms with E-state index in [4.69, 9.17) is 34.0 Å². The molecular weight excluding hydrogens is 356 g/mol. The molecule has 27 heavy (non-hydrogen) atoms. The zero-order valence-corrected chi connectivity index (χ0v) is 15.3. The smallest absolute Gasteiger partial charge is 0.414 e. The lowest BCUT2D eigenvalue weighted by molar-refractivity contribution is -0.159. The topological polar surface area (TPSA) is 127 Å². The summed E-state index contributed by atoms with van der Waals surface area (Å²) in [6.07, 6.45) is 1.79. The van der Waals surface area contributed by atoms with Crippen LogP contribution in [0.4, 0.5) is 0 Å². The molecule has 0 bridgehead atoms. The van der Waals surface area contributed by atoms with Gasteiger partial charge in [-0.1, -0.05) is 6.07 Å². The Morgan fingerprint density at radius 2 is 1.56 bits per heavy atom. The van der Waals surface area contributed by atoms with E-state index >= 15 is 0 Å². The molecule has 1 heterocycles. The van der Waals surface area contributed by atoms with Gasteiger partial charge in [0.05, 0.1) is 27.0 Å². The van der Waals surface area contributed by atoms with Gasteiger partial charge in [-0.05, 0) is 29.8 Å². The van der Waals surface area contributed by atoms with Gasteiger partial charge in [0.25, 0.3) is 0 Å². The van der Waals surface area contributed by atoms with E-state index in [1.807, 2.05) is 30.3 Å². The van der Waals surface area contributed by atoms with Crippen molar-refractivity contribution in [2.45, 2.75) is 13.1 Å². The van der Waals surface area contributed by atoms with Crippen LogP contribution in [-0.2, 0) is 22.7 Å². The predicted octanol–water partition coefficient (Wildman–Crippen LogP) is 1.55. The van der Waals surface area contributed by atoms with E-state index < -0.39 is 11.9 Å². The first kappa shape index (κ1) is 21.7. The van der Waals surface area contributed by atoms with Crippen LogP contribution in [0.5, 0.6) is 17.2 Å². The van der Waals surface area contributed by atoms with E-state index in [1.165, 1.54) is 0 Å². The predicted molar refractivity (Wildman–Crippen MR) is 96.2 cm³/mol. The minimum Gasteiger partial charge on any atom is -0.493 e. The number of nitrogens with zero attached hydrogens (tertiary/aromatic N) is 1. The number of hydrogen-bond acceptors (Lipinski definition) is 7. The van der Waals surface area contributed by atoms with Crippen LogP contribution in [0.3, 0.4) is 0 Å². The molecule has 0 saturated carbocycles. The van der Waals surface area contributed by atoms with Crippen molar-refractivity contribution in [2.75, 3.05) is 21.3 Å². The first-order chi connectivity index (χ1) is 12.9. The Balaban J connectivity index is 0.000000527. The second kappa shape index (κ2) is 11.3. The minimum atomic E-state index is -1.82. The van der Waals surface area contributed by atoms with Crippen LogP contribution in [0.2, 0.25) is 0 Å². The monoisotopic (exact) mass is 378 g/mol. The zero-order valence-electron chi connectivity index (χ0n) is 15.3. The van der Waals surface area contributed by atoms with Crippen LogP contribution in [0.15, 0.2) is 36.5 Å². The highest BCUT2D eigenvalue weighted by molar-refractivity contribution is 6.27. The zero-order chi connectivity index (χ0) is 20.2. The fraction of sp³-hybridized carbons (Fsp3) is 0.278. The summed E-state index contributed by atoms with van der Waals surface area (Å²) in [5, 5.41) is 18.1. The molecule has 0 amide bonds. The van der Waals surface area contributed by atoms with Gasteiger partial charge in [0.2, 0.25) is 5.75 Å². The van der Waals surface area contributed by atoms with Gasteiger partial charge in [-0.3, -0.25) is 4.98 Å². The minimum absolute atomic E-state index is 0.605. The van der Waals surface area contributed by atoms with Crippen molar-refractivity contribution in [2.24, 2.45) is 0 Å². The van der Waals surface area contributed by atoms with Crippen molar-refractivity contribution in [3.63, 3.8) is 0 Å². The highest BCUT2D eigenvalue weighted by Crippen LogP contribution is 2.38. The Labute approximate surface area is 156 Å². The van der Waals surface area contributed by atoms with Gasteiger partial charge in [-0.25, -0.2) is 9.59 Å².